The molecule has 0 radical (unpaired) electrons. The molecule has 0 unspecified atom stereocenters. The normalized spacial score (nSPS) is 14.6. The van der Waals surface area contributed by atoms with Crippen LogP contribution in [0.15, 0.2) is 90.0 Å². The van der Waals surface area contributed by atoms with Gasteiger partial charge in [-0.3, -0.25) is 19.4 Å². The van der Waals surface area contributed by atoms with E-state index in [-0.39, 0.29) is 10.8 Å². The number of hydrogen-bond acceptors (Lipinski definition) is 6. The number of nitriles is 1. The van der Waals surface area contributed by atoms with Crippen LogP contribution in [-0.4, -0.2) is 55.3 Å². The van der Waals surface area contributed by atoms with Gasteiger partial charge in [0.15, 0.2) is 0 Å². The Morgan fingerprint density at radius 2 is 1.68 bits per heavy atom. The van der Waals surface area contributed by atoms with Crippen LogP contribution in [0, 0.1) is 11.3 Å². The number of nitrogens with one attached hydrogen (secondary N) is 1. The van der Waals surface area contributed by atoms with Gasteiger partial charge in [-0.25, -0.2) is 8.42 Å². The lowest BCUT2D eigenvalue weighted by Gasteiger charge is -2.22. The molecule has 0 saturated carbocycles. The van der Waals surface area contributed by atoms with Crippen LogP contribution in [0.2, 0.25) is 0 Å². The number of anilines is 1. The summed E-state index contributed by atoms with van der Waals surface area (Å²) in [5.41, 5.74) is 3.08. The number of aromatic nitrogens is 1. The molecule has 8 nitrogen and oxygen atoms in total. The van der Waals surface area contributed by atoms with E-state index < -0.39 is 10.0 Å². The Morgan fingerprint density at radius 3 is 2.45 bits per heavy atom. The summed E-state index contributed by atoms with van der Waals surface area (Å²) in [6.07, 6.45) is 2.43. The third-order valence-electron chi connectivity index (χ3n) is 6.63. The Hall–Kier alpha value is -4.26. The van der Waals surface area contributed by atoms with Gasteiger partial charge in [0.2, 0.25) is 0 Å². The first kappa shape index (κ1) is 25.4. The number of pyridine rings is 1. The van der Waals surface area contributed by atoms with Gasteiger partial charge in [-0.05, 0) is 60.5 Å². The van der Waals surface area contributed by atoms with Crippen molar-refractivity contribution in [1.82, 2.24) is 14.8 Å². The van der Waals surface area contributed by atoms with Gasteiger partial charge >= 0.3 is 0 Å². The predicted molar refractivity (Wildman–Crippen MR) is 146 cm³/mol. The van der Waals surface area contributed by atoms with Crippen molar-refractivity contribution >= 4 is 32.5 Å². The van der Waals surface area contributed by atoms with E-state index in [0.29, 0.717) is 35.4 Å². The zero-order chi connectivity index (χ0) is 26.5. The summed E-state index contributed by atoms with van der Waals surface area (Å²) in [6.45, 7) is 3.67. The highest BCUT2D eigenvalue weighted by molar-refractivity contribution is 7.93. The summed E-state index contributed by atoms with van der Waals surface area (Å²) in [6, 6.07) is 24.9. The number of hydrogen-bond donors (Lipinski definition) is 1. The van der Waals surface area contributed by atoms with Crippen molar-refractivity contribution in [3.05, 3.63) is 102 Å². The van der Waals surface area contributed by atoms with Crippen LogP contribution in [0.25, 0.3) is 10.9 Å². The Balaban J connectivity index is 1.22. The van der Waals surface area contributed by atoms with Crippen LogP contribution in [0.5, 0.6) is 0 Å². The molecule has 1 amide bonds. The van der Waals surface area contributed by atoms with Crippen LogP contribution in [-0.2, 0) is 16.6 Å². The van der Waals surface area contributed by atoms with Gasteiger partial charge in [0.05, 0.1) is 17.1 Å². The van der Waals surface area contributed by atoms with E-state index >= 15 is 0 Å². The van der Waals surface area contributed by atoms with Gasteiger partial charge in [-0.15, -0.1) is 0 Å². The minimum Gasteiger partial charge on any atom is -0.337 e. The molecule has 3 aromatic carbocycles. The standard InChI is InChI=1S/C29H27N5O3S/c30-20-22-7-9-23(10-8-22)21-33-16-3-17-34(19-18-33)29(35)25-11-13-26(14-12-25)32-38(36,37)27-6-1-4-24-5-2-15-31-28(24)27/h1-2,4-15,32H,3,16-19,21H2. The fourth-order valence-corrected chi connectivity index (χ4v) is 5.88. The second-order valence-corrected chi connectivity index (χ2v) is 10.9. The van der Waals surface area contributed by atoms with Crippen molar-refractivity contribution in [3.8, 4) is 6.07 Å². The lowest BCUT2D eigenvalue weighted by Crippen LogP contribution is -2.35. The van der Waals surface area contributed by atoms with Crippen LogP contribution in [0.1, 0.15) is 27.9 Å². The third kappa shape index (κ3) is 5.67. The Bertz CT molecular complexity index is 1590. The summed E-state index contributed by atoms with van der Waals surface area (Å²) < 4.78 is 28.7. The largest absolute Gasteiger partial charge is 0.337 e. The highest BCUT2D eigenvalue weighted by atomic mass is 32.2. The Morgan fingerprint density at radius 1 is 0.921 bits per heavy atom. The van der Waals surface area contributed by atoms with Gasteiger partial charge in [0, 0.05) is 55.6 Å². The SMILES string of the molecule is N#Cc1ccc(CN2CCCN(C(=O)c3ccc(NS(=O)(=O)c4cccc5cccnc45)cc3)CC2)cc1. The first-order valence-corrected chi connectivity index (χ1v) is 13.9. The van der Waals surface area contributed by atoms with E-state index in [4.69, 9.17) is 5.26 Å². The smallest absolute Gasteiger partial charge is 0.264 e. The maximum absolute atomic E-state index is 13.2. The molecule has 1 aromatic heterocycles. The maximum atomic E-state index is 13.2. The van der Waals surface area contributed by atoms with Gasteiger partial charge in [0.1, 0.15) is 4.90 Å². The maximum Gasteiger partial charge on any atom is 0.264 e. The molecule has 192 valence electrons. The predicted octanol–water partition coefficient (Wildman–Crippen LogP) is 4.26. The molecule has 1 aliphatic rings. The summed E-state index contributed by atoms with van der Waals surface area (Å²) in [4.78, 5) is 21.7. The molecule has 1 fully saturated rings. The highest BCUT2D eigenvalue weighted by Gasteiger charge is 2.22. The van der Waals surface area contributed by atoms with Crippen molar-refractivity contribution in [2.75, 3.05) is 30.9 Å². The van der Waals surface area contributed by atoms with E-state index in [1.807, 2.05) is 41.3 Å². The van der Waals surface area contributed by atoms with E-state index in [2.05, 4.69) is 20.7 Å². The number of benzene rings is 3. The molecule has 2 heterocycles. The molecule has 4 aromatic rings. The Labute approximate surface area is 222 Å². The topological polar surface area (TPSA) is 106 Å². The van der Waals surface area contributed by atoms with Crippen LogP contribution < -0.4 is 4.72 Å². The number of amides is 1. The van der Waals surface area contributed by atoms with E-state index in [9.17, 15) is 13.2 Å². The minimum absolute atomic E-state index is 0.0714. The lowest BCUT2D eigenvalue weighted by molar-refractivity contribution is 0.0761. The number of para-hydroxylation sites is 1. The minimum atomic E-state index is -3.86. The van der Waals surface area contributed by atoms with Crippen molar-refractivity contribution in [1.29, 1.82) is 5.26 Å². The fraction of sp³-hybridized carbons (Fsp3) is 0.207. The molecule has 0 spiro atoms. The van der Waals surface area contributed by atoms with Crippen molar-refractivity contribution in [2.45, 2.75) is 17.9 Å². The van der Waals surface area contributed by atoms with Gasteiger partial charge in [-0.1, -0.05) is 30.3 Å². The number of nitrogens with zero attached hydrogens (tertiary/aromatic N) is 4. The summed E-state index contributed by atoms with van der Waals surface area (Å²) in [7, 11) is -3.86. The zero-order valence-corrected chi connectivity index (χ0v) is 21.6. The highest BCUT2D eigenvalue weighted by Crippen LogP contribution is 2.24. The molecular formula is C29H27N5O3S. The summed E-state index contributed by atoms with van der Waals surface area (Å²) in [5, 5.41) is 9.72. The lowest BCUT2D eigenvalue weighted by atomic mass is 10.1. The molecule has 0 atom stereocenters. The van der Waals surface area contributed by atoms with Crippen LogP contribution in [0.3, 0.4) is 0 Å². The second-order valence-electron chi connectivity index (χ2n) is 9.24. The average molecular weight is 526 g/mol. The quantitative estimate of drug-likeness (QED) is 0.403. The average Bonchev–Trinajstić information content (AvgIpc) is 3.18. The van der Waals surface area contributed by atoms with E-state index in [0.717, 1.165) is 37.0 Å². The summed E-state index contributed by atoms with van der Waals surface area (Å²) >= 11 is 0. The molecule has 5 rings (SSSR count). The third-order valence-corrected chi connectivity index (χ3v) is 8.05. The van der Waals surface area contributed by atoms with E-state index in [1.165, 1.54) is 6.07 Å². The number of rotatable bonds is 6. The molecule has 1 N–H and O–H groups in total. The van der Waals surface area contributed by atoms with Crippen molar-refractivity contribution in [3.63, 3.8) is 0 Å². The number of fused-ring (bicyclic) bond motifs is 1. The first-order valence-electron chi connectivity index (χ1n) is 12.4. The number of carbonyl (C=O) groups is 1. The molecule has 1 aliphatic heterocycles. The van der Waals surface area contributed by atoms with Crippen LogP contribution in [0.4, 0.5) is 5.69 Å². The molecule has 1 saturated heterocycles. The van der Waals surface area contributed by atoms with Crippen molar-refractivity contribution < 1.29 is 13.2 Å². The number of sulfonamides is 1. The zero-order valence-electron chi connectivity index (χ0n) is 20.7. The van der Waals surface area contributed by atoms with Crippen molar-refractivity contribution in [2.24, 2.45) is 0 Å². The monoisotopic (exact) mass is 525 g/mol. The fourth-order valence-electron chi connectivity index (χ4n) is 4.64. The second kappa shape index (κ2) is 11.0. The van der Waals surface area contributed by atoms with Crippen LogP contribution >= 0.6 is 0 Å². The van der Waals surface area contributed by atoms with Gasteiger partial charge in [0.25, 0.3) is 15.9 Å². The molecule has 0 aliphatic carbocycles. The van der Waals surface area contributed by atoms with Gasteiger partial charge in [-0.2, -0.15) is 5.26 Å². The molecule has 38 heavy (non-hydrogen) atoms. The Kier molecular flexibility index (Phi) is 7.36. The number of carbonyl (C=O) groups excluding carboxylic acids is 1. The molecular weight excluding hydrogens is 498 g/mol. The first-order chi connectivity index (χ1) is 18.4. The molecule has 9 heteroatoms. The van der Waals surface area contributed by atoms with Gasteiger partial charge < -0.3 is 4.90 Å². The summed E-state index contributed by atoms with van der Waals surface area (Å²) in [5.74, 6) is -0.0714. The molecule has 0 bridgehead atoms. The van der Waals surface area contributed by atoms with E-state index in [1.54, 1.807) is 42.6 Å².